The maximum absolute atomic E-state index is 6.50. The van der Waals surface area contributed by atoms with Gasteiger partial charge in [0.1, 0.15) is 74.1 Å². The second-order valence-electron chi connectivity index (χ2n) is 35.3. The Morgan fingerprint density at radius 1 is 0.150 bits per heavy atom. The Morgan fingerprint density at radius 2 is 0.279 bits per heavy atom. The first-order valence-corrected chi connectivity index (χ1v) is 47.3. The van der Waals surface area contributed by atoms with Crippen molar-refractivity contribution >= 4 is 0 Å². The number of benzene rings is 18. The summed E-state index contributed by atoms with van der Waals surface area (Å²) in [5.41, 5.74) is 17.7. The van der Waals surface area contributed by atoms with Crippen LogP contribution in [0.1, 0.15) is 66.8 Å². The average molecular weight is 1920 g/mol. The van der Waals surface area contributed by atoms with Gasteiger partial charge in [0.2, 0.25) is 0 Å². The van der Waals surface area contributed by atoms with Crippen LogP contribution in [0.2, 0.25) is 0 Å². The molecule has 18 aromatic rings. The summed E-state index contributed by atoms with van der Waals surface area (Å²) in [5.74, 6) is 32.7. The summed E-state index contributed by atoms with van der Waals surface area (Å²) in [6.07, 6.45) is 32.3. The minimum atomic E-state index is -0.736. The molecule has 0 N–H and O–H groups in total. The van der Waals surface area contributed by atoms with Gasteiger partial charge in [0.15, 0.2) is 138 Å². The van der Waals surface area contributed by atoms with Gasteiger partial charge in [-0.3, -0.25) is 0 Å². The van der Waals surface area contributed by atoms with Crippen molar-refractivity contribution in [3.05, 3.63) is 431 Å². The van der Waals surface area contributed by atoms with Crippen molar-refractivity contribution in [3.8, 4) is 280 Å². The lowest BCUT2D eigenvalue weighted by Crippen LogP contribution is -2.28. The Kier molecular flexibility index (Phi) is 21.8. The highest BCUT2D eigenvalue weighted by Crippen LogP contribution is 2.66. The first kappa shape index (κ1) is 88.2. The van der Waals surface area contributed by atoms with Crippen LogP contribution in [0.5, 0.6) is 172 Å². The number of terminal acetylenes is 6. The highest BCUT2D eigenvalue weighted by Gasteiger charge is 2.52. The Bertz CT molecular complexity index is 8400. The molecular formula is C129H78O18. The van der Waals surface area contributed by atoms with Gasteiger partial charge in [0, 0.05) is 36.4 Å². The summed E-state index contributed by atoms with van der Waals surface area (Å²) in [5, 5.41) is 0. The van der Waals surface area contributed by atoms with E-state index in [0.29, 0.717) is 172 Å². The van der Waals surface area contributed by atoms with Crippen LogP contribution in [0.15, 0.2) is 364 Å². The van der Waals surface area contributed by atoms with Crippen LogP contribution >= 0.6 is 0 Å². The molecule has 0 fully saturated rings. The highest BCUT2D eigenvalue weighted by atomic mass is 16.6. The third-order valence-corrected chi connectivity index (χ3v) is 27.2. The summed E-state index contributed by atoms with van der Waals surface area (Å²) < 4.78 is 110. The van der Waals surface area contributed by atoms with E-state index < -0.39 is 16.2 Å². The van der Waals surface area contributed by atoms with Crippen molar-refractivity contribution in [2.45, 2.75) is 16.2 Å². The molecule has 147 heavy (non-hydrogen) atoms. The smallest absolute Gasteiger partial charge is 0.173 e. The van der Waals surface area contributed by atoms with Crippen molar-refractivity contribution in [3.63, 3.8) is 0 Å². The van der Waals surface area contributed by atoms with Crippen LogP contribution < -0.4 is 85.3 Å². The molecular weight excluding hydrogens is 1840 g/mol. The zero-order valence-corrected chi connectivity index (χ0v) is 78.2. The number of hydrogen-bond acceptors (Lipinski definition) is 18. The molecule has 9 aliphatic rings. The molecule has 702 valence electrons. The minimum Gasteiger partial charge on any atom is -0.481 e. The summed E-state index contributed by atoms with van der Waals surface area (Å²) in [7, 11) is 0. The van der Waals surface area contributed by atoms with Gasteiger partial charge < -0.3 is 85.3 Å². The first-order valence-electron chi connectivity index (χ1n) is 47.3. The van der Waals surface area contributed by atoms with Crippen molar-refractivity contribution in [2.75, 3.05) is 39.6 Å². The van der Waals surface area contributed by atoms with E-state index in [-0.39, 0.29) is 39.6 Å². The van der Waals surface area contributed by atoms with Gasteiger partial charge in [0.25, 0.3) is 0 Å². The van der Waals surface area contributed by atoms with E-state index in [2.05, 4.69) is 254 Å². The van der Waals surface area contributed by atoms with Crippen LogP contribution in [-0.4, -0.2) is 39.6 Å². The van der Waals surface area contributed by atoms with Gasteiger partial charge in [-0.15, -0.1) is 38.5 Å². The summed E-state index contributed by atoms with van der Waals surface area (Å²) in [4.78, 5) is 0. The molecule has 0 amide bonds. The molecule has 0 bridgehead atoms. The molecule has 6 aliphatic heterocycles. The Hall–Kier alpha value is -20.3. The number of ether oxygens (including phenoxy) is 18. The zero-order valence-electron chi connectivity index (χ0n) is 78.2. The van der Waals surface area contributed by atoms with E-state index in [1.165, 1.54) is 0 Å². The zero-order chi connectivity index (χ0) is 98.9. The van der Waals surface area contributed by atoms with Gasteiger partial charge in [-0.05, 0) is 246 Å². The van der Waals surface area contributed by atoms with Gasteiger partial charge in [-0.2, -0.15) is 0 Å². The monoisotopic (exact) mass is 1910 g/mol. The molecule has 0 saturated carbocycles. The average Bonchev–Trinajstić information content (AvgIpc) is 1.55. The fraction of sp³-hybridized carbons (Fsp3) is 0.0698. The molecule has 18 aromatic carbocycles. The summed E-state index contributed by atoms with van der Waals surface area (Å²) in [6.45, 7) is 0.969. The molecule has 0 atom stereocenters. The molecule has 3 aliphatic carbocycles. The highest BCUT2D eigenvalue weighted by molar-refractivity contribution is 5.91. The lowest BCUT2D eigenvalue weighted by Gasteiger charge is -2.35. The largest absolute Gasteiger partial charge is 0.481 e. The van der Waals surface area contributed by atoms with Crippen molar-refractivity contribution in [1.82, 2.24) is 0 Å². The van der Waals surface area contributed by atoms with Gasteiger partial charge >= 0.3 is 0 Å². The van der Waals surface area contributed by atoms with E-state index in [4.69, 9.17) is 124 Å². The summed E-state index contributed by atoms with van der Waals surface area (Å²) >= 11 is 0. The Morgan fingerprint density at radius 3 is 0.435 bits per heavy atom. The predicted molar refractivity (Wildman–Crippen MR) is 557 cm³/mol. The van der Waals surface area contributed by atoms with Crippen LogP contribution in [0.4, 0.5) is 0 Å². The number of rotatable bonds is 18. The van der Waals surface area contributed by atoms with E-state index in [9.17, 15) is 0 Å². The van der Waals surface area contributed by atoms with E-state index in [0.717, 1.165) is 100 Å². The molecule has 27 rings (SSSR count). The van der Waals surface area contributed by atoms with Gasteiger partial charge in [-0.1, -0.05) is 218 Å². The van der Waals surface area contributed by atoms with Crippen LogP contribution in [0.25, 0.3) is 33.4 Å². The van der Waals surface area contributed by atoms with Crippen molar-refractivity contribution in [1.29, 1.82) is 0 Å². The topological polar surface area (TPSA) is 166 Å². The Labute approximate surface area is 846 Å². The van der Waals surface area contributed by atoms with Crippen LogP contribution in [0, 0.1) is 74.1 Å². The SMILES string of the molecule is C#CCOc1ccc2c(c1)Oc1cc(C3(c4ccc5c(c4)Oc4cc(OCC#C)ccc4O5)c4ccccc4-c4ccccc43)ccc1O2.C#CCOc1ccc2c(c1)Oc1ccc(C3(c4ccc5c(c4)Oc4cc(OCC#C)ccc4O5)c4ccccc4-c4ccccc43)cc1O2.C#CCOc1ccc2c(c1)Oc1ccc(C3(c4ccc5c(c4)Oc4ccc(OCC#C)cc4O5)c4ccccc4-c4ccccc43)cc1O2. The molecule has 0 unspecified atom stereocenters. The van der Waals surface area contributed by atoms with Crippen LogP contribution in [-0.2, 0) is 16.2 Å². The maximum atomic E-state index is 6.50. The first-order chi connectivity index (χ1) is 72.4. The predicted octanol–water partition coefficient (Wildman–Crippen LogP) is 29.6. The van der Waals surface area contributed by atoms with Crippen molar-refractivity contribution in [2.24, 2.45) is 0 Å². The fourth-order valence-corrected chi connectivity index (χ4v) is 21.1. The lowest BCUT2D eigenvalue weighted by molar-refractivity contribution is 0.344. The van der Waals surface area contributed by atoms with Gasteiger partial charge in [-0.25, -0.2) is 0 Å². The molecule has 0 spiro atoms. The van der Waals surface area contributed by atoms with Gasteiger partial charge in [0.05, 0.1) is 16.2 Å². The quantitative estimate of drug-likeness (QED) is 0.0744. The fourth-order valence-electron chi connectivity index (χ4n) is 21.1. The Balaban J connectivity index is 0.000000115. The third kappa shape index (κ3) is 15.0. The molecule has 18 nitrogen and oxygen atoms in total. The molecule has 0 aromatic heterocycles. The standard InChI is InChI=1S/3C43H26O6/c1-3-21-44-29-16-20-38-41(25-29)48-36-18-14-27(23-39(36)47-38)43(33-11-7-5-9-31(33)32-10-6-8-12-34(32)43)28-13-17-35-40(24-28)49-42-26-30(45-22-4-2)15-19-37(42)46-35;1-3-21-44-29-15-19-37-41(25-29)48-35-17-13-27(23-39(35)46-37)43(33-11-7-5-9-31(33)32-10-6-8-12-34(32)43)28-14-18-36-40(24-28)47-38-20-16-30(45-22-4-2)26-42(38)49-36;1-3-21-44-29-15-19-37-41(25-29)48-39-23-27(13-17-35(39)46-37)43(33-11-7-5-9-31(33)32-10-6-8-12-34(32)43)28-14-18-36-40(24-28)49-42-26-30(45-22-4-2)16-20-38(42)47-36/h3*1-2,5-20,23-26H,21-22H2. The third-order valence-electron chi connectivity index (χ3n) is 27.2. The maximum Gasteiger partial charge on any atom is 0.173 e. The van der Waals surface area contributed by atoms with E-state index in [1.54, 1.807) is 36.4 Å². The number of fused-ring (bicyclic) bond motifs is 21. The number of hydrogen-bond donors (Lipinski definition) is 0. The normalized spacial score (nSPS) is 13.4. The second-order valence-corrected chi connectivity index (χ2v) is 35.3. The molecule has 18 heteroatoms. The minimum absolute atomic E-state index is 0.156. The summed E-state index contributed by atoms with van der Waals surface area (Å²) in [6, 6.07) is 121. The molecule has 0 saturated heterocycles. The van der Waals surface area contributed by atoms with E-state index in [1.807, 2.05) is 109 Å². The van der Waals surface area contributed by atoms with E-state index >= 15 is 0 Å². The molecule has 0 radical (unpaired) electrons. The lowest BCUT2D eigenvalue weighted by atomic mass is 9.67. The van der Waals surface area contributed by atoms with Crippen LogP contribution in [0.3, 0.4) is 0 Å². The second kappa shape index (κ2) is 36.4. The van der Waals surface area contributed by atoms with Crippen molar-refractivity contribution < 1.29 is 85.3 Å². The molecule has 6 heterocycles.